The van der Waals surface area contributed by atoms with Crippen LogP contribution in [0.5, 0.6) is 0 Å². The molecule has 0 saturated carbocycles. The standard InChI is InChI=1S/C16H18N2O3/c19-14-6-7-15(20)18(14)9-8-17-16(21)13-5-4-11-2-1-3-12(11)10-13/h4-5,10H,1-3,6-9H2,(H,17,21). The molecule has 1 aromatic carbocycles. The van der Waals surface area contributed by atoms with E-state index in [0.717, 1.165) is 19.3 Å². The molecule has 2 aliphatic rings. The summed E-state index contributed by atoms with van der Waals surface area (Å²) < 4.78 is 0. The first-order valence-corrected chi connectivity index (χ1v) is 7.38. The molecule has 3 amide bonds. The van der Waals surface area contributed by atoms with Crippen molar-refractivity contribution in [2.75, 3.05) is 13.1 Å². The molecule has 0 atom stereocenters. The van der Waals surface area contributed by atoms with Crippen molar-refractivity contribution in [1.82, 2.24) is 10.2 Å². The van der Waals surface area contributed by atoms with Crippen molar-refractivity contribution in [2.45, 2.75) is 32.1 Å². The Bertz CT molecular complexity index is 594. The van der Waals surface area contributed by atoms with Gasteiger partial charge in [-0.2, -0.15) is 0 Å². The van der Waals surface area contributed by atoms with Gasteiger partial charge in [0, 0.05) is 31.5 Å². The molecule has 1 saturated heterocycles. The number of rotatable bonds is 4. The van der Waals surface area contributed by atoms with Crippen molar-refractivity contribution in [3.63, 3.8) is 0 Å². The van der Waals surface area contributed by atoms with Crippen LogP contribution in [0.2, 0.25) is 0 Å². The maximum absolute atomic E-state index is 12.1. The molecule has 5 heteroatoms. The molecule has 1 aliphatic carbocycles. The van der Waals surface area contributed by atoms with Crippen LogP contribution in [-0.2, 0) is 22.4 Å². The lowest BCUT2D eigenvalue weighted by atomic mass is 10.1. The molecule has 0 radical (unpaired) electrons. The summed E-state index contributed by atoms with van der Waals surface area (Å²) in [5.74, 6) is -0.442. The first-order valence-electron chi connectivity index (χ1n) is 7.38. The topological polar surface area (TPSA) is 66.5 Å². The fraction of sp³-hybridized carbons (Fsp3) is 0.438. The van der Waals surface area contributed by atoms with Gasteiger partial charge in [0.05, 0.1) is 0 Å². The number of hydrogen-bond donors (Lipinski definition) is 1. The first-order chi connectivity index (χ1) is 10.1. The van der Waals surface area contributed by atoms with Gasteiger partial charge in [0.1, 0.15) is 0 Å². The van der Waals surface area contributed by atoms with Gasteiger partial charge in [-0.3, -0.25) is 19.3 Å². The minimum Gasteiger partial charge on any atom is -0.350 e. The van der Waals surface area contributed by atoms with E-state index in [0.29, 0.717) is 12.1 Å². The molecule has 3 rings (SSSR count). The predicted molar refractivity (Wildman–Crippen MR) is 76.8 cm³/mol. The third kappa shape index (κ3) is 2.82. The van der Waals surface area contributed by atoms with Gasteiger partial charge in [0.15, 0.2) is 0 Å². The van der Waals surface area contributed by atoms with Crippen LogP contribution >= 0.6 is 0 Å². The number of carbonyl (C=O) groups is 3. The van der Waals surface area contributed by atoms with Crippen LogP contribution in [0.4, 0.5) is 0 Å². The number of aryl methyl sites for hydroxylation is 2. The smallest absolute Gasteiger partial charge is 0.251 e. The minimum atomic E-state index is -0.149. The molecule has 1 aromatic rings. The maximum Gasteiger partial charge on any atom is 0.251 e. The molecule has 0 spiro atoms. The third-order valence-corrected chi connectivity index (χ3v) is 4.14. The van der Waals surface area contributed by atoms with E-state index in [1.54, 1.807) is 0 Å². The summed E-state index contributed by atoms with van der Waals surface area (Å²) in [4.78, 5) is 36.2. The Morgan fingerprint density at radius 2 is 1.76 bits per heavy atom. The summed E-state index contributed by atoms with van der Waals surface area (Å²) in [6.07, 6.45) is 3.86. The molecular weight excluding hydrogens is 268 g/mol. The second-order valence-corrected chi connectivity index (χ2v) is 5.53. The van der Waals surface area contributed by atoms with Gasteiger partial charge >= 0.3 is 0 Å². The molecule has 0 aromatic heterocycles. The number of nitrogens with one attached hydrogen (secondary N) is 1. The van der Waals surface area contributed by atoms with E-state index >= 15 is 0 Å². The maximum atomic E-state index is 12.1. The Morgan fingerprint density at radius 3 is 2.52 bits per heavy atom. The Balaban J connectivity index is 1.55. The van der Waals surface area contributed by atoms with Crippen molar-refractivity contribution in [3.8, 4) is 0 Å². The van der Waals surface area contributed by atoms with Crippen LogP contribution in [0, 0.1) is 0 Å². The average molecular weight is 286 g/mol. The van der Waals surface area contributed by atoms with Gasteiger partial charge < -0.3 is 5.32 Å². The number of nitrogens with zero attached hydrogens (tertiary/aromatic N) is 1. The van der Waals surface area contributed by atoms with Crippen LogP contribution in [-0.4, -0.2) is 35.7 Å². The average Bonchev–Trinajstić information content (AvgIpc) is 3.07. The molecule has 21 heavy (non-hydrogen) atoms. The Kier molecular flexibility index (Phi) is 3.73. The fourth-order valence-corrected chi connectivity index (χ4v) is 2.97. The van der Waals surface area contributed by atoms with Crippen molar-refractivity contribution in [1.29, 1.82) is 0 Å². The minimum absolute atomic E-state index is 0.147. The lowest BCUT2D eigenvalue weighted by Crippen LogP contribution is -2.37. The molecule has 1 N–H and O–H groups in total. The number of benzene rings is 1. The lowest BCUT2D eigenvalue weighted by Gasteiger charge is -2.14. The quantitative estimate of drug-likeness (QED) is 0.841. The summed E-state index contributed by atoms with van der Waals surface area (Å²) in [5, 5.41) is 2.77. The van der Waals surface area contributed by atoms with Crippen molar-refractivity contribution in [3.05, 3.63) is 34.9 Å². The molecular formula is C16H18N2O3. The molecule has 110 valence electrons. The fourth-order valence-electron chi connectivity index (χ4n) is 2.97. The highest BCUT2D eigenvalue weighted by molar-refractivity contribution is 6.02. The van der Waals surface area contributed by atoms with Crippen LogP contribution in [0.25, 0.3) is 0 Å². The normalized spacial score (nSPS) is 17.2. The lowest BCUT2D eigenvalue weighted by molar-refractivity contribution is -0.138. The van der Waals surface area contributed by atoms with E-state index < -0.39 is 0 Å². The van der Waals surface area contributed by atoms with E-state index in [1.165, 1.54) is 16.0 Å². The number of imide groups is 1. The Hall–Kier alpha value is -2.17. The summed E-state index contributed by atoms with van der Waals surface area (Å²) >= 11 is 0. The SMILES string of the molecule is O=C(NCCN1C(=O)CCC1=O)c1ccc2c(c1)CCC2. The molecule has 5 nitrogen and oxygen atoms in total. The van der Waals surface area contributed by atoms with Gasteiger partial charge in [-0.25, -0.2) is 0 Å². The van der Waals surface area contributed by atoms with Crippen LogP contribution < -0.4 is 5.32 Å². The second-order valence-electron chi connectivity index (χ2n) is 5.53. The highest BCUT2D eigenvalue weighted by Crippen LogP contribution is 2.22. The van der Waals surface area contributed by atoms with Gasteiger partial charge in [0.2, 0.25) is 11.8 Å². The second kappa shape index (κ2) is 5.68. The van der Waals surface area contributed by atoms with Gasteiger partial charge in [-0.05, 0) is 42.5 Å². The monoisotopic (exact) mass is 286 g/mol. The van der Waals surface area contributed by atoms with Gasteiger partial charge in [0.25, 0.3) is 5.91 Å². The van der Waals surface area contributed by atoms with Gasteiger partial charge in [-0.1, -0.05) is 6.07 Å². The van der Waals surface area contributed by atoms with Crippen LogP contribution in [0.1, 0.15) is 40.7 Å². The number of fused-ring (bicyclic) bond motifs is 1. The zero-order valence-electron chi connectivity index (χ0n) is 11.9. The largest absolute Gasteiger partial charge is 0.350 e. The highest BCUT2D eigenvalue weighted by Gasteiger charge is 2.28. The van der Waals surface area contributed by atoms with E-state index in [-0.39, 0.29) is 37.1 Å². The number of hydrogen-bond acceptors (Lipinski definition) is 3. The highest BCUT2D eigenvalue weighted by atomic mass is 16.2. The molecule has 1 fully saturated rings. The van der Waals surface area contributed by atoms with E-state index in [9.17, 15) is 14.4 Å². The molecule has 0 unspecified atom stereocenters. The van der Waals surface area contributed by atoms with Gasteiger partial charge in [-0.15, -0.1) is 0 Å². The van der Waals surface area contributed by atoms with Crippen molar-refractivity contribution in [2.24, 2.45) is 0 Å². The van der Waals surface area contributed by atoms with Crippen molar-refractivity contribution >= 4 is 17.7 Å². The predicted octanol–water partition coefficient (Wildman–Crippen LogP) is 1.05. The van der Waals surface area contributed by atoms with Crippen LogP contribution in [0.15, 0.2) is 18.2 Å². The number of amides is 3. The Labute approximate surface area is 123 Å². The third-order valence-electron chi connectivity index (χ3n) is 4.14. The van der Waals surface area contributed by atoms with E-state index in [1.807, 2.05) is 18.2 Å². The van der Waals surface area contributed by atoms with E-state index in [4.69, 9.17) is 0 Å². The number of likely N-dealkylation sites (tertiary alicyclic amines) is 1. The summed E-state index contributed by atoms with van der Waals surface area (Å²) in [5.41, 5.74) is 3.24. The summed E-state index contributed by atoms with van der Waals surface area (Å²) in [7, 11) is 0. The summed E-state index contributed by atoms with van der Waals surface area (Å²) in [6.45, 7) is 0.557. The van der Waals surface area contributed by atoms with E-state index in [2.05, 4.69) is 5.32 Å². The summed E-state index contributed by atoms with van der Waals surface area (Å²) in [6, 6.07) is 5.81. The zero-order chi connectivity index (χ0) is 14.8. The van der Waals surface area contributed by atoms with Crippen LogP contribution in [0.3, 0.4) is 0 Å². The first kappa shape index (κ1) is 13.8. The molecule has 0 bridgehead atoms. The number of carbonyl (C=O) groups excluding carboxylic acids is 3. The van der Waals surface area contributed by atoms with Crippen molar-refractivity contribution < 1.29 is 14.4 Å². The Morgan fingerprint density at radius 1 is 1.05 bits per heavy atom. The molecule has 1 aliphatic heterocycles. The zero-order valence-corrected chi connectivity index (χ0v) is 11.9. The molecule has 1 heterocycles.